The first-order valence-electron chi connectivity index (χ1n) is 10.7. The van der Waals surface area contributed by atoms with Crippen LogP contribution in [0, 0.1) is 11.7 Å². The molecule has 1 saturated heterocycles. The standard InChI is InChI=1S/C24H29ClFN3O2/c1-16(2)22(28-23(30)18-5-9-20(26)10-6-18)24(31)27-21-11-13-29(14-12-21)15-17-3-7-19(25)8-4-17/h3-10,16,21-22H,11-15H2,1-2H3,(H,27,31)(H,28,30). The Balaban J connectivity index is 1.50. The lowest BCUT2D eigenvalue weighted by Gasteiger charge is -2.33. The predicted octanol–water partition coefficient (Wildman–Crippen LogP) is 4.01. The normalized spacial score (nSPS) is 16.2. The maximum absolute atomic E-state index is 13.1. The van der Waals surface area contributed by atoms with Crippen molar-refractivity contribution in [2.24, 2.45) is 5.92 Å². The summed E-state index contributed by atoms with van der Waals surface area (Å²) in [5.41, 5.74) is 1.55. The molecule has 2 aromatic carbocycles. The molecule has 166 valence electrons. The van der Waals surface area contributed by atoms with Gasteiger partial charge in [0.25, 0.3) is 5.91 Å². The molecule has 0 aromatic heterocycles. The van der Waals surface area contributed by atoms with E-state index < -0.39 is 11.9 Å². The molecule has 2 aromatic rings. The zero-order valence-electron chi connectivity index (χ0n) is 17.9. The van der Waals surface area contributed by atoms with Crippen LogP contribution in [-0.4, -0.2) is 41.9 Å². The molecule has 7 heteroatoms. The average molecular weight is 446 g/mol. The molecule has 1 atom stereocenters. The Kier molecular flexibility index (Phi) is 8.04. The molecule has 3 rings (SSSR count). The highest BCUT2D eigenvalue weighted by atomic mass is 35.5. The summed E-state index contributed by atoms with van der Waals surface area (Å²) in [6.45, 7) is 6.43. The van der Waals surface area contributed by atoms with Crippen molar-refractivity contribution in [3.63, 3.8) is 0 Å². The van der Waals surface area contributed by atoms with Gasteiger partial charge in [-0.2, -0.15) is 0 Å². The van der Waals surface area contributed by atoms with E-state index in [1.165, 1.54) is 29.8 Å². The topological polar surface area (TPSA) is 61.4 Å². The number of piperidine rings is 1. The van der Waals surface area contributed by atoms with Gasteiger partial charge in [-0.05, 0) is 60.7 Å². The van der Waals surface area contributed by atoms with Gasteiger partial charge >= 0.3 is 0 Å². The highest BCUT2D eigenvalue weighted by Crippen LogP contribution is 2.16. The van der Waals surface area contributed by atoms with Crippen LogP contribution in [0.2, 0.25) is 5.02 Å². The van der Waals surface area contributed by atoms with Crippen LogP contribution >= 0.6 is 11.6 Å². The second kappa shape index (κ2) is 10.7. The lowest BCUT2D eigenvalue weighted by atomic mass is 10.00. The molecule has 31 heavy (non-hydrogen) atoms. The molecule has 0 radical (unpaired) electrons. The minimum atomic E-state index is -0.648. The SMILES string of the molecule is CC(C)C(NC(=O)c1ccc(F)cc1)C(=O)NC1CCN(Cc2ccc(Cl)cc2)CC1. The quantitative estimate of drug-likeness (QED) is 0.676. The zero-order valence-corrected chi connectivity index (χ0v) is 18.7. The van der Waals surface area contributed by atoms with Gasteiger partial charge in [0.2, 0.25) is 5.91 Å². The molecule has 1 aliphatic heterocycles. The molecule has 1 aliphatic rings. The van der Waals surface area contributed by atoms with Crippen LogP contribution in [0.3, 0.4) is 0 Å². The third-order valence-corrected chi connectivity index (χ3v) is 5.85. The summed E-state index contributed by atoms with van der Waals surface area (Å²) in [7, 11) is 0. The number of amides is 2. The number of halogens is 2. The molecule has 0 saturated carbocycles. The molecule has 5 nitrogen and oxygen atoms in total. The van der Waals surface area contributed by atoms with Crippen LogP contribution in [-0.2, 0) is 11.3 Å². The van der Waals surface area contributed by atoms with Crippen LogP contribution in [0.5, 0.6) is 0 Å². The number of hydrogen-bond acceptors (Lipinski definition) is 3. The maximum Gasteiger partial charge on any atom is 0.251 e. The fourth-order valence-corrected chi connectivity index (χ4v) is 3.86. The van der Waals surface area contributed by atoms with Crippen LogP contribution in [0.4, 0.5) is 4.39 Å². The van der Waals surface area contributed by atoms with Gasteiger partial charge in [0.05, 0.1) is 0 Å². The molecule has 2 N–H and O–H groups in total. The first-order valence-corrected chi connectivity index (χ1v) is 11.0. The molecular formula is C24H29ClFN3O2. The first-order chi connectivity index (χ1) is 14.8. The fourth-order valence-electron chi connectivity index (χ4n) is 3.74. The van der Waals surface area contributed by atoms with Crippen LogP contribution < -0.4 is 10.6 Å². The van der Waals surface area contributed by atoms with E-state index in [0.717, 1.165) is 37.5 Å². The highest BCUT2D eigenvalue weighted by Gasteiger charge is 2.28. The third kappa shape index (κ3) is 6.77. The van der Waals surface area contributed by atoms with Crippen LogP contribution in [0.15, 0.2) is 48.5 Å². The van der Waals surface area contributed by atoms with E-state index in [1.54, 1.807) is 0 Å². The van der Waals surface area contributed by atoms with Gasteiger partial charge in [-0.1, -0.05) is 37.6 Å². The summed E-state index contributed by atoms with van der Waals surface area (Å²) in [6, 6.07) is 12.6. The number of rotatable bonds is 7. The molecule has 0 spiro atoms. The van der Waals surface area contributed by atoms with Crippen molar-refractivity contribution in [2.75, 3.05) is 13.1 Å². The number of nitrogens with zero attached hydrogens (tertiary/aromatic N) is 1. The largest absolute Gasteiger partial charge is 0.351 e. The Morgan fingerprint density at radius 2 is 1.68 bits per heavy atom. The summed E-state index contributed by atoms with van der Waals surface area (Å²) in [5, 5.41) is 6.63. The summed E-state index contributed by atoms with van der Waals surface area (Å²) in [6.07, 6.45) is 1.71. The number of likely N-dealkylation sites (tertiary alicyclic amines) is 1. The van der Waals surface area contributed by atoms with Crippen molar-refractivity contribution in [2.45, 2.75) is 45.3 Å². The summed E-state index contributed by atoms with van der Waals surface area (Å²) >= 11 is 5.95. The Hall–Kier alpha value is -2.44. The second-order valence-electron chi connectivity index (χ2n) is 8.39. The van der Waals surface area contributed by atoms with E-state index in [2.05, 4.69) is 15.5 Å². The van der Waals surface area contributed by atoms with Gasteiger partial charge in [-0.25, -0.2) is 4.39 Å². The van der Waals surface area contributed by atoms with Crippen molar-refractivity contribution >= 4 is 23.4 Å². The van der Waals surface area contributed by atoms with Gasteiger partial charge < -0.3 is 10.6 Å². The van der Waals surface area contributed by atoms with Crippen molar-refractivity contribution in [1.82, 2.24) is 15.5 Å². The molecule has 1 fully saturated rings. The Labute approximate surface area is 188 Å². The van der Waals surface area contributed by atoms with Gasteiger partial charge in [0, 0.05) is 36.3 Å². The van der Waals surface area contributed by atoms with E-state index in [4.69, 9.17) is 11.6 Å². The third-order valence-electron chi connectivity index (χ3n) is 5.60. The van der Waals surface area contributed by atoms with Gasteiger partial charge in [-0.15, -0.1) is 0 Å². The lowest BCUT2D eigenvalue weighted by molar-refractivity contribution is -0.125. The average Bonchev–Trinajstić information content (AvgIpc) is 2.75. The monoisotopic (exact) mass is 445 g/mol. The molecule has 0 bridgehead atoms. The first kappa shape index (κ1) is 23.2. The Morgan fingerprint density at radius 3 is 2.26 bits per heavy atom. The summed E-state index contributed by atoms with van der Waals surface area (Å²) in [5.74, 6) is -1.04. The summed E-state index contributed by atoms with van der Waals surface area (Å²) in [4.78, 5) is 27.7. The molecular weight excluding hydrogens is 417 g/mol. The number of hydrogen-bond donors (Lipinski definition) is 2. The van der Waals surface area contributed by atoms with E-state index in [1.807, 2.05) is 38.1 Å². The van der Waals surface area contributed by atoms with Gasteiger partial charge in [-0.3, -0.25) is 14.5 Å². The van der Waals surface area contributed by atoms with Gasteiger partial charge in [0.1, 0.15) is 11.9 Å². The minimum Gasteiger partial charge on any atom is -0.351 e. The van der Waals surface area contributed by atoms with E-state index in [9.17, 15) is 14.0 Å². The van der Waals surface area contributed by atoms with E-state index >= 15 is 0 Å². The second-order valence-corrected chi connectivity index (χ2v) is 8.82. The fraction of sp³-hybridized carbons (Fsp3) is 0.417. The Morgan fingerprint density at radius 1 is 1.06 bits per heavy atom. The van der Waals surface area contributed by atoms with Crippen molar-refractivity contribution < 1.29 is 14.0 Å². The Bertz CT molecular complexity index is 879. The zero-order chi connectivity index (χ0) is 22.4. The van der Waals surface area contributed by atoms with Crippen LogP contribution in [0.25, 0.3) is 0 Å². The number of carbonyl (C=O) groups is 2. The highest BCUT2D eigenvalue weighted by molar-refractivity contribution is 6.30. The smallest absolute Gasteiger partial charge is 0.251 e. The van der Waals surface area contributed by atoms with Crippen molar-refractivity contribution in [3.05, 3.63) is 70.5 Å². The molecule has 1 unspecified atom stereocenters. The van der Waals surface area contributed by atoms with Crippen molar-refractivity contribution in [3.8, 4) is 0 Å². The van der Waals surface area contributed by atoms with E-state index in [0.29, 0.717) is 5.56 Å². The summed E-state index contributed by atoms with van der Waals surface area (Å²) < 4.78 is 13.1. The number of nitrogens with one attached hydrogen (secondary N) is 2. The van der Waals surface area contributed by atoms with Crippen molar-refractivity contribution in [1.29, 1.82) is 0 Å². The molecule has 2 amide bonds. The number of benzene rings is 2. The van der Waals surface area contributed by atoms with Gasteiger partial charge in [0.15, 0.2) is 0 Å². The maximum atomic E-state index is 13.1. The van der Waals surface area contributed by atoms with Crippen LogP contribution in [0.1, 0.15) is 42.6 Å². The lowest BCUT2D eigenvalue weighted by Crippen LogP contribution is -2.53. The predicted molar refractivity (Wildman–Crippen MR) is 120 cm³/mol. The van der Waals surface area contributed by atoms with E-state index in [-0.39, 0.29) is 23.8 Å². The molecule has 1 heterocycles. The minimum absolute atomic E-state index is 0.0746. The number of carbonyl (C=O) groups excluding carboxylic acids is 2. The molecule has 0 aliphatic carbocycles.